The lowest BCUT2D eigenvalue weighted by atomic mass is 9.96. The Balaban J connectivity index is 1.55. The van der Waals surface area contributed by atoms with E-state index in [0.717, 1.165) is 32.1 Å². The highest BCUT2D eigenvalue weighted by Gasteiger charge is 2.51. The minimum absolute atomic E-state index is 0.0837. The Bertz CT molecular complexity index is 919. The van der Waals surface area contributed by atoms with Crippen molar-refractivity contribution >= 4 is 18.7 Å². The van der Waals surface area contributed by atoms with Crippen molar-refractivity contribution in [1.29, 1.82) is 0 Å². The lowest BCUT2D eigenvalue weighted by Crippen LogP contribution is -2.68. The van der Waals surface area contributed by atoms with Crippen molar-refractivity contribution in [2.24, 2.45) is 0 Å². The van der Waals surface area contributed by atoms with Crippen LogP contribution < -0.4 is 10.4 Å². The molecule has 0 radical (unpaired) electrons. The molecule has 4 atom stereocenters. The van der Waals surface area contributed by atoms with E-state index in [1.165, 1.54) is 10.4 Å². The average molecular weight is 527 g/mol. The standard InChI is InChI=1S/C31H46O5Si/c1-30(2,3)37(28-15-8-6-9-16-28,29-17-10-7-11-18-29)36-26(19-20-32)21-24-13-12-14-25(34-24)22-27-23-33-31(4,5)35-27/h6-11,15-18,24-27,32H,12-14,19-23H2,1-5H3/t24-,25+,26-,27+/m0/s1. The molecular weight excluding hydrogens is 480 g/mol. The Morgan fingerprint density at radius 1 is 0.946 bits per heavy atom. The Labute approximate surface area is 224 Å². The molecule has 0 saturated carbocycles. The first-order valence-electron chi connectivity index (χ1n) is 14.0. The van der Waals surface area contributed by atoms with Gasteiger partial charge in [-0.05, 0) is 61.4 Å². The van der Waals surface area contributed by atoms with Gasteiger partial charge in [0.2, 0.25) is 0 Å². The van der Waals surface area contributed by atoms with Gasteiger partial charge < -0.3 is 23.7 Å². The van der Waals surface area contributed by atoms with E-state index in [4.69, 9.17) is 18.6 Å². The van der Waals surface area contributed by atoms with Crippen molar-refractivity contribution in [2.45, 2.75) is 108 Å². The van der Waals surface area contributed by atoms with Crippen molar-refractivity contribution in [2.75, 3.05) is 13.2 Å². The largest absolute Gasteiger partial charge is 0.404 e. The van der Waals surface area contributed by atoms with Gasteiger partial charge in [-0.3, -0.25) is 0 Å². The highest BCUT2D eigenvalue weighted by Crippen LogP contribution is 2.39. The minimum atomic E-state index is -2.70. The molecule has 37 heavy (non-hydrogen) atoms. The molecular formula is C31H46O5Si. The molecule has 204 valence electrons. The third kappa shape index (κ3) is 6.91. The molecule has 0 bridgehead atoms. The number of hydrogen-bond acceptors (Lipinski definition) is 5. The van der Waals surface area contributed by atoms with Gasteiger partial charge in [-0.15, -0.1) is 0 Å². The van der Waals surface area contributed by atoms with Crippen LogP contribution in [0, 0.1) is 0 Å². The molecule has 2 aliphatic rings. The first-order chi connectivity index (χ1) is 17.6. The van der Waals surface area contributed by atoms with Crippen LogP contribution in [0.2, 0.25) is 5.04 Å². The summed E-state index contributed by atoms with van der Waals surface area (Å²) in [5.74, 6) is -0.505. The number of aliphatic hydroxyl groups is 1. The summed E-state index contributed by atoms with van der Waals surface area (Å²) in [6.07, 6.45) is 5.74. The van der Waals surface area contributed by atoms with E-state index < -0.39 is 14.1 Å². The van der Waals surface area contributed by atoms with E-state index in [1.54, 1.807) is 0 Å². The molecule has 2 aromatic rings. The fourth-order valence-corrected chi connectivity index (χ4v) is 10.8. The van der Waals surface area contributed by atoms with Crippen LogP contribution in [0.3, 0.4) is 0 Å². The molecule has 2 heterocycles. The van der Waals surface area contributed by atoms with Crippen LogP contribution in [0.15, 0.2) is 60.7 Å². The van der Waals surface area contributed by atoms with Gasteiger partial charge >= 0.3 is 0 Å². The molecule has 2 aromatic carbocycles. The van der Waals surface area contributed by atoms with Crippen LogP contribution in [-0.4, -0.2) is 56.8 Å². The quantitative estimate of drug-likeness (QED) is 0.432. The molecule has 0 spiro atoms. The molecule has 1 N–H and O–H groups in total. The summed E-state index contributed by atoms with van der Waals surface area (Å²) in [4.78, 5) is 0. The SMILES string of the molecule is CC1(C)OC[C@@H](C[C@H]2CCC[C@@H](C[C@H](CCO)O[Si](c3ccccc3)(c3ccccc3)C(C)(C)C)O2)O1. The molecule has 0 aromatic heterocycles. The van der Waals surface area contributed by atoms with Gasteiger partial charge in [-0.1, -0.05) is 81.4 Å². The molecule has 0 aliphatic carbocycles. The third-order valence-electron chi connectivity index (χ3n) is 7.77. The first kappa shape index (κ1) is 28.5. The van der Waals surface area contributed by atoms with E-state index >= 15 is 0 Å². The van der Waals surface area contributed by atoms with Crippen LogP contribution >= 0.6 is 0 Å². The van der Waals surface area contributed by atoms with E-state index in [-0.39, 0.29) is 36.1 Å². The normalized spacial score (nSPS) is 25.2. The molecule has 0 amide bonds. The van der Waals surface area contributed by atoms with Crippen molar-refractivity contribution in [3.05, 3.63) is 60.7 Å². The summed E-state index contributed by atoms with van der Waals surface area (Å²) < 4.78 is 25.8. The maximum atomic E-state index is 10.1. The third-order valence-corrected chi connectivity index (χ3v) is 12.9. The van der Waals surface area contributed by atoms with Crippen LogP contribution in [0.1, 0.15) is 73.1 Å². The second kappa shape index (κ2) is 12.1. The Hall–Kier alpha value is -1.54. The number of rotatable bonds is 10. The minimum Gasteiger partial charge on any atom is -0.404 e. The molecule has 2 fully saturated rings. The van der Waals surface area contributed by atoms with Gasteiger partial charge in [0, 0.05) is 13.0 Å². The molecule has 6 heteroatoms. The number of ether oxygens (including phenoxy) is 3. The fraction of sp³-hybridized carbons (Fsp3) is 0.613. The monoisotopic (exact) mass is 526 g/mol. The van der Waals surface area contributed by atoms with E-state index in [1.807, 2.05) is 13.8 Å². The van der Waals surface area contributed by atoms with Crippen molar-refractivity contribution in [3.63, 3.8) is 0 Å². The van der Waals surface area contributed by atoms with E-state index in [2.05, 4.69) is 81.4 Å². The maximum absolute atomic E-state index is 10.1. The second-order valence-corrected chi connectivity index (χ2v) is 16.4. The van der Waals surface area contributed by atoms with Crippen molar-refractivity contribution in [1.82, 2.24) is 0 Å². The topological polar surface area (TPSA) is 57.2 Å². The Morgan fingerprint density at radius 2 is 1.54 bits per heavy atom. The van der Waals surface area contributed by atoms with Crippen molar-refractivity contribution < 1.29 is 23.7 Å². The Morgan fingerprint density at radius 3 is 2.05 bits per heavy atom. The first-order valence-corrected chi connectivity index (χ1v) is 15.9. The van der Waals surface area contributed by atoms with Gasteiger partial charge in [0.25, 0.3) is 8.32 Å². The smallest absolute Gasteiger partial charge is 0.261 e. The lowest BCUT2D eigenvalue weighted by Gasteiger charge is -2.46. The second-order valence-electron chi connectivity index (χ2n) is 12.1. The molecule has 2 aliphatic heterocycles. The molecule has 5 nitrogen and oxygen atoms in total. The van der Waals surface area contributed by atoms with Gasteiger partial charge in [-0.2, -0.15) is 0 Å². The van der Waals surface area contributed by atoms with E-state index in [0.29, 0.717) is 13.0 Å². The molecule has 2 saturated heterocycles. The average Bonchev–Trinajstić information content (AvgIpc) is 3.21. The summed E-state index contributed by atoms with van der Waals surface area (Å²) in [5, 5.41) is 12.5. The Kier molecular flexibility index (Phi) is 9.31. The zero-order chi connectivity index (χ0) is 26.5. The number of aliphatic hydroxyl groups excluding tert-OH is 1. The van der Waals surface area contributed by atoms with Gasteiger partial charge in [0.05, 0.1) is 31.0 Å². The summed E-state index contributed by atoms with van der Waals surface area (Å²) in [5.41, 5.74) is 0. The highest BCUT2D eigenvalue weighted by molar-refractivity contribution is 6.99. The van der Waals surface area contributed by atoms with Gasteiger partial charge in [0.1, 0.15) is 0 Å². The van der Waals surface area contributed by atoms with Crippen LogP contribution in [0.5, 0.6) is 0 Å². The van der Waals surface area contributed by atoms with Crippen molar-refractivity contribution in [3.8, 4) is 0 Å². The molecule has 0 unspecified atom stereocenters. The lowest BCUT2D eigenvalue weighted by molar-refractivity contribution is -0.147. The van der Waals surface area contributed by atoms with Crippen LogP contribution in [0.4, 0.5) is 0 Å². The highest BCUT2D eigenvalue weighted by atomic mass is 28.4. The summed E-state index contributed by atoms with van der Waals surface area (Å²) in [6, 6.07) is 21.5. The predicted octanol–water partition coefficient (Wildman–Crippen LogP) is 5.18. The predicted molar refractivity (Wildman–Crippen MR) is 151 cm³/mol. The van der Waals surface area contributed by atoms with Gasteiger partial charge in [0.15, 0.2) is 5.79 Å². The van der Waals surface area contributed by atoms with Gasteiger partial charge in [-0.25, -0.2) is 0 Å². The zero-order valence-corrected chi connectivity index (χ0v) is 24.3. The number of benzene rings is 2. The zero-order valence-electron chi connectivity index (χ0n) is 23.3. The van der Waals surface area contributed by atoms with E-state index in [9.17, 15) is 5.11 Å². The fourth-order valence-electron chi connectivity index (χ4n) is 6.10. The summed E-state index contributed by atoms with van der Waals surface area (Å²) >= 11 is 0. The molecule has 4 rings (SSSR count). The number of hydrogen-bond donors (Lipinski definition) is 1. The van der Waals surface area contributed by atoms with Crippen LogP contribution in [0.25, 0.3) is 0 Å². The summed E-state index contributed by atoms with van der Waals surface area (Å²) in [6.45, 7) is 11.6. The summed E-state index contributed by atoms with van der Waals surface area (Å²) in [7, 11) is -2.70. The maximum Gasteiger partial charge on any atom is 0.261 e. The van der Waals surface area contributed by atoms with Crippen LogP contribution in [-0.2, 0) is 18.6 Å².